The Balaban J connectivity index is 2.09. The van der Waals surface area contributed by atoms with Gasteiger partial charge in [-0.2, -0.15) is 0 Å². The second-order valence-corrected chi connectivity index (χ2v) is 5.64. The van der Waals surface area contributed by atoms with Crippen LogP contribution in [0.1, 0.15) is 16.5 Å². The van der Waals surface area contributed by atoms with Crippen molar-refractivity contribution in [3.05, 3.63) is 56.7 Å². The number of hydrogen-bond acceptors (Lipinski definition) is 3. The lowest BCUT2D eigenvalue weighted by atomic mass is 10.2. The van der Waals surface area contributed by atoms with Crippen molar-refractivity contribution in [3.8, 4) is 0 Å². The molecule has 0 aliphatic rings. The van der Waals surface area contributed by atoms with E-state index in [0.29, 0.717) is 6.54 Å². The fraction of sp³-hybridized carbons (Fsp3) is 0.154. The molecule has 5 heteroatoms. The van der Waals surface area contributed by atoms with Gasteiger partial charge >= 0.3 is 0 Å². The van der Waals surface area contributed by atoms with E-state index in [0.717, 1.165) is 14.9 Å². The first kappa shape index (κ1) is 13.3. The molecule has 0 spiro atoms. The van der Waals surface area contributed by atoms with Gasteiger partial charge in [0.05, 0.1) is 0 Å². The highest BCUT2D eigenvalue weighted by Crippen LogP contribution is 2.29. The molecule has 1 aromatic carbocycles. The Morgan fingerprint density at radius 3 is 2.61 bits per heavy atom. The lowest BCUT2D eigenvalue weighted by Gasteiger charge is -2.14. The van der Waals surface area contributed by atoms with E-state index in [1.54, 1.807) is 0 Å². The largest absolute Gasteiger partial charge is 0.368 e. The van der Waals surface area contributed by atoms with Crippen LogP contribution >= 0.6 is 27.3 Å². The number of nitrogens with one attached hydrogen (secondary N) is 1. The number of amides is 1. The van der Waals surface area contributed by atoms with Crippen molar-refractivity contribution in [2.24, 2.45) is 5.73 Å². The number of carbonyl (C=O) groups excluding carboxylic acids is 1. The van der Waals surface area contributed by atoms with Gasteiger partial charge in [0.1, 0.15) is 6.04 Å². The van der Waals surface area contributed by atoms with Crippen molar-refractivity contribution in [3.63, 3.8) is 0 Å². The number of thiophene rings is 1. The molecule has 0 bridgehead atoms. The summed E-state index contributed by atoms with van der Waals surface area (Å²) >= 11 is 4.93. The molecule has 94 valence electrons. The minimum Gasteiger partial charge on any atom is -0.368 e. The number of rotatable bonds is 5. The number of nitrogens with two attached hydrogens (primary N) is 1. The molecule has 0 aliphatic carbocycles. The highest BCUT2D eigenvalue weighted by Gasteiger charge is 2.20. The second kappa shape index (κ2) is 6.13. The average Bonchev–Trinajstić information content (AvgIpc) is 2.77. The third kappa shape index (κ3) is 3.19. The summed E-state index contributed by atoms with van der Waals surface area (Å²) in [5.74, 6) is -0.367. The van der Waals surface area contributed by atoms with Crippen LogP contribution in [0, 0.1) is 0 Å². The molecule has 1 heterocycles. The Kier molecular flexibility index (Phi) is 4.52. The number of hydrogen-bond donors (Lipinski definition) is 2. The highest BCUT2D eigenvalue weighted by atomic mass is 79.9. The highest BCUT2D eigenvalue weighted by molar-refractivity contribution is 9.10. The number of benzene rings is 1. The Morgan fingerprint density at radius 1 is 1.33 bits per heavy atom. The predicted molar refractivity (Wildman–Crippen MR) is 77.2 cm³/mol. The monoisotopic (exact) mass is 324 g/mol. The van der Waals surface area contributed by atoms with E-state index in [4.69, 9.17) is 5.73 Å². The molecule has 1 atom stereocenters. The van der Waals surface area contributed by atoms with Crippen LogP contribution in [0.5, 0.6) is 0 Å². The molecule has 2 rings (SSSR count). The maximum atomic E-state index is 11.5. The number of carbonyl (C=O) groups is 1. The zero-order valence-electron chi connectivity index (χ0n) is 9.60. The first-order valence-corrected chi connectivity index (χ1v) is 7.15. The van der Waals surface area contributed by atoms with Gasteiger partial charge in [-0.1, -0.05) is 30.3 Å². The Labute approximate surface area is 118 Å². The van der Waals surface area contributed by atoms with Crippen LogP contribution in [0.3, 0.4) is 0 Å². The van der Waals surface area contributed by atoms with Crippen molar-refractivity contribution in [2.75, 3.05) is 0 Å². The van der Waals surface area contributed by atoms with E-state index in [1.807, 2.05) is 41.8 Å². The standard InChI is InChI=1S/C13H13BrN2OS/c14-10-6-7-18-12(10)11(13(15)17)16-8-9-4-2-1-3-5-9/h1-7,11,16H,8H2,(H2,15,17). The second-order valence-electron chi connectivity index (χ2n) is 3.83. The molecule has 0 aliphatic heterocycles. The summed E-state index contributed by atoms with van der Waals surface area (Å²) in [6.45, 7) is 0.610. The van der Waals surface area contributed by atoms with Crippen LogP contribution in [0.15, 0.2) is 46.3 Å². The molecule has 0 radical (unpaired) electrons. The zero-order valence-corrected chi connectivity index (χ0v) is 12.0. The molecule has 18 heavy (non-hydrogen) atoms. The molecule has 3 N–H and O–H groups in total. The lowest BCUT2D eigenvalue weighted by molar-refractivity contribution is -0.120. The predicted octanol–water partition coefficient (Wildman–Crippen LogP) is 2.83. The first-order valence-electron chi connectivity index (χ1n) is 5.48. The van der Waals surface area contributed by atoms with Gasteiger partial charge in [-0.15, -0.1) is 11.3 Å². The summed E-state index contributed by atoms with van der Waals surface area (Å²) < 4.78 is 0.914. The molecule has 3 nitrogen and oxygen atoms in total. The van der Waals surface area contributed by atoms with Gasteiger partial charge in [-0.25, -0.2) is 0 Å². The molecular formula is C13H13BrN2OS. The van der Waals surface area contributed by atoms with E-state index in [9.17, 15) is 4.79 Å². The van der Waals surface area contributed by atoms with E-state index in [1.165, 1.54) is 11.3 Å². The fourth-order valence-corrected chi connectivity index (χ4v) is 3.33. The van der Waals surface area contributed by atoms with E-state index in [-0.39, 0.29) is 5.91 Å². The molecule has 1 unspecified atom stereocenters. The van der Waals surface area contributed by atoms with Gasteiger partial charge in [0.15, 0.2) is 0 Å². The first-order chi connectivity index (χ1) is 8.68. The summed E-state index contributed by atoms with van der Waals surface area (Å²) in [5, 5.41) is 5.11. The molecule has 1 aromatic heterocycles. The molecule has 0 saturated heterocycles. The maximum Gasteiger partial charge on any atom is 0.240 e. The van der Waals surface area contributed by atoms with Crippen molar-refractivity contribution in [1.82, 2.24) is 5.32 Å². The van der Waals surface area contributed by atoms with E-state index in [2.05, 4.69) is 21.2 Å². The van der Waals surface area contributed by atoms with Crippen LogP contribution in [-0.4, -0.2) is 5.91 Å². The van der Waals surface area contributed by atoms with Crippen molar-refractivity contribution in [2.45, 2.75) is 12.6 Å². The van der Waals surface area contributed by atoms with Gasteiger partial charge in [-0.05, 0) is 32.9 Å². The average molecular weight is 325 g/mol. The Morgan fingerprint density at radius 2 is 2.06 bits per heavy atom. The van der Waals surface area contributed by atoms with Gasteiger partial charge in [0.2, 0.25) is 5.91 Å². The van der Waals surface area contributed by atoms with Crippen molar-refractivity contribution >= 4 is 33.2 Å². The van der Waals surface area contributed by atoms with Gasteiger partial charge < -0.3 is 5.73 Å². The normalized spacial score (nSPS) is 12.3. The number of halogens is 1. The van der Waals surface area contributed by atoms with Crippen LogP contribution in [0.2, 0.25) is 0 Å². The smallest absolute Gasteiger partial charge is 0.240 e. The number of primary amides is 1. The summed E-state index contributed by atoms with van der Waals surface area (Å²) in [4.78, 5) is 12.4. The van der Waals surface area contributed by atoms with Crippen molar-refractivity contribution < 1.29 is 4.79 Å². The van der Waals surface area contributed by atoms with Crippen LogP contribution in [-0.2, 0) is 11.3 Å². The summed E-state index contributed by atoms with van der Waals surface area (Å²) in [5.41, 5.74) is 6.57. The van der Waals surface area contributed by atoms with Crippen LogP contribution in [0.4, 0.5) is 0 Å². The van der Waals surface area contributed by atoms with Crippen LogP contribution < -0.4 is 11.1 Å². The maximum absolute atomic E-state index is 11.5. The lowest BCUT2D eigenvalue weighted by Crippen LogP contribution is -2.32. The Hall–Kier alpha value is -1.17. The zero-order chi connectivity index (χ0) is 13.0. The quantitative estimate of drug-likeness (QED) is 0.888. The molecular weight excluding hydrogens is 312 g/mol. The fourth-order valence-electron chi connectivity index (χ4n) is 1.65. The minimum atomic E-state index is -0.459. The minimum absolute atomic E-state index is 0.367. The third-order valence-corrected chi connectivity index (χ3v) is 4.48. The molecule has 1 amide bonds. The Bertz CT molecular complexity index is 527. The molecule has 0 saturated carbocycles. The van der Waals surface area contributed by atoms with Crippen molar-refractivity contribution in [1.29, 1.82) is 0 Å². The summed E-state index contributed by atoms with van der Waals surface area (Å²) in [7, 11) is 0. The summed E-state index contributed by atoms with van der Waals surface area (Å²) in [6.07, 6.45) is 0. The van der Waals surface area contributed by atoms with Gasteiger partial charge in [0, 0.05) is 15.9 Å². The third-order valence-electron chi connectivity index (χ3n) is 2.54. The topological polar surface area (TPSA) is 55.1 Å². The van der Waals surface area contributed by atoms with Crippen LogP contribution in [0.25, 0.3) is 0 Å². The summed E-state index contributed by atoms with van der Waals surface area (Å²) in [6, 6.07) is 11.4. The SMILES string of the molecule is NC(=O)C(NCc1ccccc1)c1sccc1Br. The molecule has 0 fully saturated rings. The molecule has 2 aromatic rings. The van der Waals surface area contributed by atoms with Gasteiger partial charge in [0.25, 0.3) is 0 Å². The van der Waals surface area contributed by atoms with E-state index < -0.39 is 6.04 Å². The van der Waals surface area contributed by atoms with Gasteiger partial charge in [-0.3, -0.25) is 10.1 Å². The van der Waals surface area contributed by atoms with E-state index >= 15 is 0 Å².